The molecule has 6 nitrogen and oxygen atoms in total. The molecule has 2 amide bonds. The Kier molecular flexibility index (Phi) is 7.26. The average molecular weight is 361 g/mol. The van der Waals surface area contributed by atoms with Gasteiger partial charge in [-0.15, -0.1) is 0 Å². The molecule has 3 rings (SSSR count). The van der Waals surface area contributed by atoms with E-state index in [1.807, 2.05) is 23.1 Å². The molecule has 2 fully saturated rings. The van der Waals surface area contributed by atoms with Crippen LogP contribution in [-0.4, -0.2) is 66.8 Å². The zero-order chi connectivity index (χ0) is 18.2. The second-order valence-electron chi connectivity index (χ2n) is 7.63. The molecule has 1 saturated carbocycles. The number of nitrogens with zero attached hydrogens (tertiary/aromatic N) is 3. The molecule has 0 spiro atoms. The molecule has 6 heteroatoms. The summed E-state index contributed by atoms with van der Waals surface area (Å²) in [5, 5.41) is 3.17. The maximum Gasteiger partial charge on any atom is 0.318 e. The normalized spacial score (nSPS) is 22.6. The fraction of sp³-hybridized carbons (Fsp3) is 0.700. The number of carbonyl (C=O) groups excluding carboxylic acids is 1. The standard InChI is InChI=1S/C20H32N4O2/c1-23-11-12-26-16-17(14-23)13-22-20(25)24(19-8-3-2-4-9-19)15-18-7-5-6-10-21-18/h5-7,10,17,19H,2-4,8-9,11-16H2,1H3,(H,22,25). The molecule has 1 atom stereocenters. The lowest BCUT2D eigenvalue weighted by Gasteiger charge is -2.34. The highest BCUT2D eigenvalue weighted by molar-refractivity contribution is 5.74. The van der Waals surface area contributed by atoms with Gasteiger partial charge in [-0.1, -0.05) is 25.3 Å². The molecule has 26 heavy (non-hydrogen) atoms. The second kappa shape index (κ2) is 9.88. The van der Waals surface area contributed by atoms with E-state index in [4.69, 9.17) is 4.74 Å². The van der Waals surface area contributed by atoms with Crippen molar-refractivity contribution < 1.29 is 9.53 Å². The van der Waals surface area contributed by atoms with Crippen LogP contribution in [0.15, 0.2) is 24.4 Å². The van der Waals surface area contributed by atoms with Crippen molar-refractivity contribution in [3.05, 3.63) is 30.1 Å². The number of hydrogen-bond acceptors (Lipinski definition) is 4. The number of nitrogens with one attached hydrogen (secondary N) is 1. The van der Waals surface area contributed by atoms with Crippen LogP contribution in [0.25, 0.3) is 0 Å². The summed E-state index contributed by atoms with van der Waals surface area (Å²) in [6, 6.07) is 6.25. The molecule has 1 aliphatic carbocycles. The van der Waals surface area contributed by atoms with Crippen molar-refractivity contribution in [2.45, 2.75) is 44.7 Å². The Morgan fingerprint density at radius 3 is 2.96 bits per heavy atom. The van der Waals surface area contributed by atoms with Crippen LogP contribution in [0.4, 0.5) is 4.79 Å². The molecule has 0 bridgehead atoms. The Labute approximate surface area is 156 Å². The molecule has 0 aromatic carbocycles. The molecule has 1 unspecified atom stereocenters. The molecule has 2 aliphatic rings. The molecule has 2 heterocycles. The van der Waals surface area contributed by atoms with E-state index in [0.717, 1.165) is 38.2 Å². The topological polar surface area (TPSA) is 57.7 Å². The zero-order valence-electron chi connectivity index (χ0n) is 15.9. The number of amides is 2. The van der Waals surface area contributed by atoms with E-state index in [1.54, 1.807) is 6.20 Å². The predicted octanol–water partition coefficient (Wildman–Crippen LogP) is 2.50. The minimum atomic E-state index is 0.0365. The first kappa shape index (κ1) is 19.1. The molecule has 1 aromatic heterocycles. The Bertz CT molecular complexity index is 548. The smallest absolute Gasteiger partial charge is 0.318 e. The van der Waals surface area contributed by atoms with Gasteiger partial charge in [0.2, 0.25) is 0 Å². The van der Waals surface area contributed by atoms with E-state index >= 15 is 0 Å². The summed E-state index contributed by atoms with van der Waals surface area (Å²) in [7, 11) is 2.11. The average Bonchev–Trinajstić information content (AvgIpc) is 2.89. The summed E-state index contributed by atoms with van der Waals surface area (Å²) in [6.45, 7) is 4.65. The number of ether oxygens (including phenoxy) is 1. The van der Waals surface area contributed by atoms with Gasteiger partial charge < -0.3 is 19.9 Å². The number of urea groups is 1. The predicted molar refractivity (Wildman–Crippen MR) is 102 cm³/mol. The summed E-state index contributed by atoms with van der Waals surface area (Å²) < 4.78 is 5.67. The largest absolute Gasteiger partial charge is 0.380 e. The molecular weight excluding hydrogens is 328 g/mol. The third-order valence-corrected chi connectivity index (χ3v) is 5.42. The van der Waals surface area contributed by atoms with Crippen molar-refractivity contribution in [2.75, 3.05) is 39.9 Å². The maximum absolute atomic E-state index is 13.0. The molecule has 144 valence electrons. The van der Waals surface area contributed by atoms with Gasteiger partial charge in [-0.3, -0.25) is 4.98 Å². The summed E-state index contributed by atoms with van der Waals surface area (Å²) in [6.07, 6.45) is 7.67. The summed E-state index contributed by atoms with van der Waals surface area (Å²) >= 11 is 0. The lowest BCUT2D eigenvalue weighted by molar-refractivity contribution is 0.118. The highest BCUT2D eigenvalue weighted by Gasteiger charge is 2.26. The van der Waals surface area contributed by atoms with Crippen LogP contribution in [0.2, 0.25) is 0 Å². The first-order chi connectivity index (χ1) is 12.7. The van der Waals surface area contributed by atoms with Gasteiger partial charge in [0, 0.05) is 37.8 Å². The van der Waals surface area contributed by atoms with Crippen LogP contribution in [0, 0.1) is 5.92 Å². The molecule has 1 aromatic rings. The first-order valence-corrected chi connectivity index (χ1v) is 9.93. The van der Waals surface area contributed by atoms with E-state index in [0.29, 0.717) is 31.7 Å². The van der Waals surface area contributed by atoms with Gasteiger partial charge in [0.25, 0.3) is 0 Å². The van der Waals surface area contributed by atoms with Crippen molar-refractivity contribution in [1.29, 1.82) is 0 Å². The number of hydrogen-bond donors (Lipinski definition) is 1. The molecule has 0 radical (unpaired) electrons. The Morgan fingerprint density at radius 2 is 2.19 bits per heavy atom. The lowest BCUT2D eigenvalue weighted by atomic mass is 9.94. The number of carbonyl (C=O) groups is 1. The highest BCUT2D eigenvalue weighted by Crippen LogP contribution is 2.24. The van der Waals surface area contributed by atoms with Crippen LogP contribution in [0.1, 0.15) is 37.8 Å². The van der Waals surface area contributed by atoms with Gasteiger partial charge in [-0.2, -0.15) is 0 Å². The summed E-state index contributed by atoms with van der Waals surface area (Å²) in [5.41, 5.74) is 0.950. The maximum atomic E-state index is 13.0. The van der Waals surface area contributed by atoms with Gasteiger partial charge in [0.1, 0.15) is 0 Å². The van der Waals surface area contributed by atoms with Crippen molar-refractivity contribution in [3.63, 3.8) is 0 Å². The third-order valence-electron chi connectivity index (χ3n) is 5.42. The van der Waals surface area contributed by atoms with Crippen molar-refractivity contribution in [3.8, 4) is 0 Å². The molecule has 1 aliphatic heterocycles. The van der Waals surface area contributed by atoms with Crippen LogP contribution in [0.5, 0.6) is 0 Å². The van der Waals surface area contributed by atoms with Crippen molar-refractivity contribution in [1.82, 2.24) is 20.1 Å². The quantitative estimate of drug-likeness (QED) is 0.877. The Balaban J connectivity index is 1.60. The van der Waals surface area contributed by atoms with Crippen LogP contribution in [0.3, 0.4) is 0 Å². The van der Waals surface area contributed by atoms with Crippen LogP contribution >= 0.6 is 0 Å². The lowest BCUT2D eigenvalue weighted by Crippen LogP contribution is -2.48. The second-order valence-corrected chi connectivity index (χ2v) is 7.63. The summed E-state index contributed by atoms with van der Waals surface area (Å²) in [4.78, 5) is 21.7. The van der Waals surface area contributed by atoms with Gasteiger partial charge in [-0.25, -0.2) is 4.79 Å². The van der Waals surface area contributed by atoms with Crippen LogP contribution < -0.4 is 5.32 Å². The van der Waals surface area contributed by atoms with Crippen molar-refractivity contribution in [2.24, 2.45) is 5.92 Å². The molecule has 1 saturated heterocycles. The van der Waals surface area contributed by atoms with E-state index in [1.165, 1.54) is 19.3 Å². The zero-order valence-corrected chi connectivity index (χ0v) is 15.9. The van der Waals surface area contributed by atoms with E-state index < -0.39 is 0 Å². The van der Waals surface area contributed by atoms with E-state index in [9.17, 15) is 4.79 Å². The van der Waals surface area contributed by atoms with E-state index in [-0.39, 0.29) is 6.03 Å². The SMILES string of the molecule is CN1CCOCC(CNC(=O)N(Cc2ccccn2)C2CCCCC2)C1. The minimum Gasteiger partial charge on any atom is -0.380 e. The molecule has 1 N–H and O–H groups in total. The minimum absolute atomic E-state index is 0.0365. The van der Waals surface area contributed by atoms with Crippen molar-refractivity contribution >= 4 is 6.03 Å². The number of rotatable bonds is 5. The van der Waals surface area contributed by atoms with Gasteiger partial charge in [-0.05, 0) is 32.0 Å². The Morgan fingerprint density at radius 1 is 1.35 bits per heavy atom. The third kappa shape index (κ3) is 5.68. The molecular formula is C20H32N4O2. The first-order valence-electron chi connectivity index (χ1n) is 9.93. The van der Waals surface area contributed by atoms with Gasteiger partial charge in [0.15, 0.2) is 0 Å². The highest BCUT2D eigenvalue weighted by atomic mass is 16.5. The number of pyridine rings is 1. The monoisotopic (exact) mass is 360 g/mol. The van der Waals surface area contributed by atoms with Gasteiger partial charge >= 0.3 is 6.03 Å². The summed E-state index contributed by atoms with van der Waals surface area (Å²) in [5.74, 6) is 0.342. The van der Waals surface area contributed by atoms with E-state index in [2.05, 4.69) is 22.2 Å². The van der Waals surface area contributed by atoms with Crippen LogP contribution in [-0.2, 0) is 11.3 Å². The number of likely N-dealkylation sites (N-methyl/N-ethyl adjacent to an activating group) is 1. The number of aromatic nitrogens is 1. The Hall–Kier alpha value is -1.66. The fourth-order valence-corrected chi connectivity index (χ4v) is 3.94. The van der Waals surface area contributed by atoms with Gasteiger partial charge in [0.05, 0.1) is 25.5 Å². The fourth-order valence-electron chi connectivity index (χ4n) is 3.94.